The SMILES string of the molecule is CCCc1noc(-c2cccc(CNS(=O)(=O)c3cnc[nH]3)c2)n1. The number of aromatic amines is 1. The molecule has 24 heavy (non-hydrogen) atoms. The van der Waals surface area contributed by atoms with Gasteiger partial charge < -0.3 is 9.51 Å². The van der Waals surface area contributed by atoms with Gasteiger partial charge in [0.1, 0.15) is 0 Å². The summed E-state index contributed by atoms with van der Waals surface area (Å²) < 4.78 is 31.9. The van der Waals surface area contributed by atoms with Gasteiger partial charge in [0.2, 0.25) is 0 Å². The topological polar surface area (TPSA) is 114 Å². The number of aryl methyl sites for hydroxylation is 1. The Morgan fingerprint density at radius 3 is 2.96 bits per heavy atom. The maximum absolute atomic E-state index is 12.1. The number of imidazole rings is 1. The van der Waals surface area contributed by atoms with Crippen LogP contribution >= 0.6 is 0 Å². The number of rotatable bonds is 7. The predicted octanol–water partition coefficient (Wildman–Crippen LogP) is 1.89. The molecule has 0 aliphatic heterocycles. The smallest absolute Gasteiger partial charge is 0.257 e. The number of benzene rings is 1. The van der Waals surface area contributed by atoms with E-state index in [9.17, 15) is 8.42 Å². The highest BCUT2D eigenvalue weighted by Gasteiger charge is 2.15. The number of H-pyrrole nitrogens is 1. The lowest BCUT2D eigenvalue weighted by molar-refractivity contribution is 0.422. The lowest BCUT2D eigenvalue weighted by atomic mass is 10.1. The van der Waals surface area contributed by atoms with E-state index in [1.54, 1.807) is 0 Å². The van der Waals surface area contributed by atoms with Gasteiger partial charge in [0.25, 0.3) is 15.9 Å². The lowest BCUT2D eigenvalue weighted by Crippen LogP contribution is -2.23. The second-order valence-electron chi connectivity index (χ2n) is 5.21. The summed E-state index contributed by atoms with van der Waals surface area (Å²) in [6, 6.07) is 7.30. The van der Waals surface area contributed by atoms with E-state index >= 15 is 0 Å². The molecule has 3 aromatic rings. The zero-order chi connectivity index (χ0) is 17.0. The average molecular weight is 347 g/mol. The Bertz CT molecular complexity index is 903. The number of hydrogen-bond acceptors (Lipinski definition) is 6. The number of sulfonamides is 1. The molecule has 8 nitrogen and oxygen atoms in total. The molecular formula is C15H17N5O3S. The Labute approximate surface area is 139 Å². The monoisotopic (exact) mass is 347 g/mol. The normalized spacial score (nSPS) is 11.7. The maximum atomic E-state index is 12.1. The molecule has 0 atom stereocenters. The van der Waals surface area contributed by atoms with Gasteiger partial charge in [-0.05, 0) is 24.1 Å². The molecule has 0 saturated carbocycles. The summed E-state index contributed by atoms with van der Waals surface area (Å²) in [5, 5.41) is 3.95. The Morgan fingerprint density at radius 2 is 2.21 bits per heavy atom. The molecule has 2 N–H and O–H groups in total. The van der Waals surface area contributed by atoms with Crippen LogP contribution < -0.4 is 4.72 Å². The van der Waals surface area contributed by atoms with Crippen molar-refractivity contribution in [1.82, 2.24) is 24.8 Å². The summed E-state index contributed by atoms with van der Waals surface area (Å²) in [4.78, 5) is 10.6. The van der Waals surface area contributed by atoms with Crippen molar-refractivity contribution in [3.63, 3.8) is 0 Å². The molecule has 126 valence electrons. The van der Waals surface area contributed by atoms with Gasteiger partial charge >= 0.3 is 0 Å². The third kappa shape index (κ3) is 3.69. The molecular weight excluding hydrogens is 330 g/mol. The first-order valence-electron chi connectivity index (χ1n) is 7.48. The minimum atomic E-state index is -3.62. The van der Waals surface area contributed by atoms with Crippen molar-refractivity contribution in [2.24, 2.45) is 0 Å². The molecule has 0 fully saturated rings. The Balaban J connectivity index is 1.73. The zero-order valence-electron chi connectivity index (χ0n) is 13.1. The maximum Gasteiger partial charge on any atom is 0.257 e. The minimum absolute atomic E-state index is 0.0276. The molecule has 1 aromatic carbocycles. The first-order chi connectivity index (χ1) is 11.6. The van der Waals surface area contributed by atoms with Gasteiger partial charge in [-0.15, -0.1) is 0 Å². The Kier molecular flexibility index (Phi) is 4.72. The van der Waals surface area contributed by atoms with Crippen molar-refractivity contribution in [3.05, 3.63) is 48.2 Å². The molecule has 0 bridgehead atoms. The first kappa shape index (κ1) is 16.3. The molecule has 0 spiro atoms. The van der Waals surface area contributed by atoms with Gasteiger partial charge in [-0.2, -0.15) is 4.98 Å². The van der Waals surface area contributed by atoms with Gasteiger partial charge in [0.15, 0.2) is 10.9 Å². The van der Waals surface area contributed by atoms with Crippen LogP contribution in [0.25, 0.3) is 11.5 Å². The van der Waals surface area contributed by atoms with E-state index in [0.29, 0.717) is 11.7 Å². The average Bonchev–Trinajstić information content (AvgIpc) is 3.26. The van der Waals surface area contributed by atoms with Gasteiger partial charge in [-0.25, -0.2) is 18.1 Å². The molecule has 0 aliphatic rings. The van der Waals surface area contributed by atoms with Crippen molar-refractivity contribution in [1.29, 1.82) is 0 Å². The summed E-state index contributed by atoms with van der Waals surface area (Å²) >= 11 is 0. The summed E-state index contributed by atoms with van der Waals surface area (Å²) in [5.74, 6) is 1.09. The van der Waals surface area contributed by atoms with Crippen LogP contribution in [-0.2, 0) is 23.0 Å². The molecule has 2 aromatic heterocycles. The summed E-state index contributed by atoms with van der Waals surface area (Å²) in [6.45, 7) is 2.19. The molecule has 0 unspecified atom stereocenters. The fourth-order valence-electron chi connectivity index (χ4n) is 2.16. The number of nitrogens with one attached hydrogen (secondary N) is 2. The van der Waals surface area contributed by atoms with Crippen LogP contribution in [-0.4, -0.2) is 28.5 Å². The second kappa shape index (κ2) is 6.93. The van der Waals surface area contributed by atoms with Crippen LogP contribution in [0.15, 0.2) is 46.3 Å². The van der Waals surface area contributed by atoms with Crippen LogP contribution in [0, 0.1) is 0 Å². The van der Waals surface area contributed by atoms with E-state index in [2.05, 4.69) is 24.8 Å². The largest absolute Gasteiger partial charge is 0.335 e. The zero-order valence-corrected chi connectivity index (χ0v) is 13.9. The Hall–Kier alpha value is -2.52. The fraction of sp³-hybridized carbons (Fsp3) is 0.267. The highest BCUT2D eigenvalue weighted by atomic mass is 32.2. The van der Waals surface area contributed by atoms with Crippen molar-refractivity contribution >= 4 is 10.0 Å². The van der Waals surface area contributed by atoms with Crippen LogP contribution in [0.5, 0.6) is 0 Å². The number of aromatic nitrogens is 4. The van der Waals surface area contributed by atoms with Gasteiger partial charge in [-0.3, -0.25) is 0 Å². The molecule has 0 aliphatic carbocycles. The summed E-state index contributed by atoms with van der Waals surface area (Å²) in [6.07, 6.45) is 4.27. The van der Waals surface area contributed by atoms with Crippen LogP contribution in [0.2, 0.25) is 0 Å². The van der Waals surface area contributed by atoms with Gasteiger partial charge in [0, 0.05) is 18.5 Å². The highest BCUT2D eigenvalue weighted by molar-refractivity contribution is 7.89. The van der Waals surface area contributed by atoms with E-state index in [0.717, 1.165) is 24.0 Å². The minimum Gasteiger partial charge on any atom is -0.335 e. The number of hydrogen-bond donors (Lipinski definition) is 2. The lowest BCUT2D eigenvalue weighted by Gasteiger charge is -2.05. The van der Waals surface area contributed by atoms with Crippen molar-refractivity contribution < 1.29 is 12.9 Å². The third-order valence-corrected chi connectivity index (χ3v) is 4.67. The molecule has 3 rings (SSSR count). The quantitative estimate of drug-likeness (QED) is 0.674. The second-order valence-corrected chi connectivity index (χ2v) is 6.94. The fourth-order valence-corrected chi connectivity index (χ4v) is 3.08. The van der Waals surface area contributed by atoms with Gasteiger partial charge in [-0.1, -0.05) is 24.2 Å². The molecule has 0 radical (unpaired) electrons. The van der Waals surface area contributed by atoms with Crippen LogP contribution in [0.4, 0.5) is 0 Å². The van der Waals surface area contributed by atoms with Crippen LogP contribution in [0.3, 0.4) is 0 Å². The van der Waals surface area contributed by atoms with Crippen molar-refractivity contribution in [3.8, 4) is 11.5 Å². The van der Waals surface area contributed by atoms with E-state index in [-0.39, 0.29) is 11.6 Å². The molecule has 0 amide bonds. The Morgan fingerprint density at radius 1 is 1.33 bits per heavy atom. The standard InChI is InChI=1S/C15H17N5O3S/c1-2-4-13-19-15(23-20-13)12-6-3-5-11(7-12)8-18-24(21,22)14-9-16-10-17-14/h3,5-7,9-10,18H,2,4,8H2,1H3,(H,16,17). The first-order valence-corrected chi connectivity index (χ1v) is 8.97. The van der Waals surface area contributed by atoms with E-state index in [1.165, 1.54) is 12.5 Å². The van der Waals surface area contributed by atoms with E-state index < -0.39 is 10.0 Å². The van der Waals surface area contributed by atoms with E-state index in [1.807, 2.05) is 31.2 Å². The van der Waals surface area contributed by atoms with Gasteiger partial charge in [0.05, 0.1) is 12.5 Å². The summed E-state index contributed by atoms with van der Waals surface area (Å²) in [7, 11) is -3.62. The highest BCUT2D eigenvalue weighted by Crippen LogP contribution is 2.19. The molecule has 9 heteroatoms. The van der Waals surface area contributed by atoms with Crippen molar-refractivity contribution in [2.45, 2.75) is 31.3 Å². The van der Waals surface area contributed by atoms with Crippen LogP contribution in [0.1, 0.15) is 24.7 Å². The van der Waals surface area contributed by atoms with E-state index in [4.69, 9.17) is 4.52 Å². The predicted molar refractivity (Wildman–Crippen MR) is 86.3 cm³/mol. The summed E-state index contributed by atoms with van der Waals surface area (Å²) in [5.41, 5.74) is 1.54. The van der Waals surface area contributed by atoms with Crippen molar-refractivity contribution in [2.75, 3.05) is 0 Å². The number of nitrogens with zero attached hydrogens (tertiary/aromatic N) is 3. The molecule has 0 saturated heterocycles. The third-order valence-electron chi connectivity index (χ3n) is 3.34. The molecule has 2 heterocycles.